The van der Waals surface area contributed by atoms with Gasteiger partial charge < -0.3 is 15.3 Å². The standard InChI is InChI=1S/C15H18F3N3O3/c16-15(17,18)7-6-13(22)21-8-2-3-10(9-21)19-12-5-1-4-11(20-12)14(23)24/h1,4-5,10H,2-3,6-9H2,(H,19,20)(H,23,24)/t10-/m1/s1. The largest absolute Gasteiger partial charge is 0.477 e. The van der Waals surface area contributed by atoms with Gasteiger partial charge in [0.05, 0.1) is 6.42 Å². The number of rotatable bonds is 5. The van der Waals surface area contributed by atoms with Crippen molar-refractivity contribution in [1.82, 2.24) is 9.88 Å². The van der Waals surface area contributed by atoms with E-state index < -0.39 is 30.9 Å². The van der Waals surface area contributed by atoms with E-state index in [-0.39, 0.29) is 18.3 Å². The Morgan fingerprint density at radius 1 is 1.38 bits per heavy atom. The van der Waals surface area contributed by atoms with Crippen molar-refractivity contribution in [2.75, 3.05) is 18.4 Å². The third-order valence-corrected chi connectivity index (χ3v) is 3.72. The predicted molar refractivity (Wildman–Crippen MR) is 79.7 cm³/mol. The van der Waals surface area contributed by atoms with Gasteiger partial charge in [-0.15, -0.1) is 0 Å². The van der Waals surface area contributed by atoms with Crippen molar-refractivity contribution in [2.24, 2.45) is 0 Å². The third kappa shape index (κ3) is 5.39. The Balaban J connectivity index is 1.92. The minimum Gasteiger partial charge on any atom is -0.477 e. The van der Waals surface area contributed by atoms with E-state index in [0.29, 0.717) is 18.8 Å². The first kappa shape index (κ1) is 18.0. The molecule has 1 saturated heterocycles. The van der Waals surface area contributed by atoms with Crippen LogP contribution in [0.2, 0.25) is 0 Å². The Kier molecular flexibility index (Phi) is 5.63. The Hall–Kier alpha value is -2.32. The van der Waals surface area contributed by atoms with Gasteiger partial charge in [0.15, 0.2) is 5.69 Å². The lowest BCUT2D eigenvalue weighted by molar-refractivity contribution is -0.149. The molecule has 1 aromatic rings. The van der Waals surface area contributed by atoms with Crippen LogP contribution in [0, 0.1) is 0 Å². The van der Waals surface area contributed by atoms with E-state index in [1.807, 2.05) is 0 Å². The minimum absolute atomic E-state index is 0.103. The van der Waals surface area contributed by atoms with Crippen LogP contribution in [0.1, 0.15) is 36.2 Å². The van der Waals surface area contributed by atoms with E-state index in [9.17, 15) is 22.8 Å². The molecule has 1 atom stereocenters. The first-order valence-electron chi connectivity index (χ1n) is 7.56. The van der Waals surface area contributed by atoms with E-state index in [4.69, 9.17) is 5.11 Å². The quantitative estimate of drug-likeness (QED) is 0.857. The van der Waals surface area contributed by atoms with Crippen molar-refractivity contribution < 1.29 is 27.9 Å². The Morgan fingerprint density at radius 3 is 2.79 bits per heavy atom. The van der Waals surface area contributed by atoms with Crippen LogP contribution < -0.4 is 5.32 Å². The number of nitrogens with zero attached hydrogens (tertiary/aromatic N) is 2. The molecular formula is C15H18F3N3O3. The number of alkyl halides is 3. The Bertz CT molecular complexity index is 607. The molecule has 1 aliphatic rings. The number of carbonyl (C=O) groups excluding carboxylic acids is 1. The first-order valence-corrected chi connectivity index (χ1v) is 7.56. The highest BCUT2D eigenvalue weighted by Gasteiger charge is 2.30. The zero-order valence-electron chi connectivity index (χ0n) is 12.8. The number of likely N-dealkylation sites (tertiary alicyclic amines) is 1. The normalized spacial score (nSPS) is 18.3. The molecule has 0 aromatic carbocycles. The number of piperidine rings is 1. The second-order valence-corrected chi connectivity index (χ2v) is 5.65. The fourth-order valence-electron chi connectivity index (χ4n) is 2.57. The Morgan fingerprint density at radius 2 is 2.12 bits per heavy atom. The smallest absolute Gasteiger partial charge is 0.389 e. The highest BCUT2D eigenvalue weighted by molar-refractivity contribution is 5.85. The molecule has 0 bridgehead atoms. The number of halogens is 3. The van der Waals surface area contributed by atoms with Gasteiger partial charge in [0.1, 0.15) is 5.82 Å². The van der Waals surface area contributed by atoms with Gasteiger partial charge in [0, 0.05) is 25.6 Å². The summed E-state index contributed by atoms with van der Waals surface area (Å²) >= 11 is 0. The molecule has 9 heteroatoms. The van der Waals surface area contributed by atoms with E-state index in [1.165, 1.54) is 11.0 Å². The second kappa shape index (κ2) is 7.50. The molecule has 2 N–H and O–H groups in total. The highest BCUT2D eigenvalue weighted by atomic mass is 19.4. The monoisotopic (exact) mass is 345 g/mol. The third-order valence-electron chi connectivity index (χ3n) is 3.72. The maximum Gasteiger partial charge on any atom is 0.389 e. The fourth-order valence-corrected chi connectivity index (χ4v) is 2.57. The Labute approximate surface area is 136 Å². The number of carboxylic acid groups (broad SMARTS) is 1. The number of hydrogen-bond donors (Lipinski definition) is 2. The molecule has 0 aliphatic carbocycles. The van der Waals surface area contributed by atoms with Gasteiger partial charge in [0.2, 0.25) is 5.91 Å². The molecule has 0 spiro atoms. The van der Waals surface area contributed by atoms with Crippen LogP contribution in [0.4, 0.5) is 19.0 Å². The lowest BCUT2D eigenvalue weighted by atomic mass is 10.0. The number of pyridine rings is 1. The summed E-state index contributed by atoms with van der Waals surface area (Å²) in [5.41, 5.74) is -0.103. The lowest BCUT2D eigenvalue weighted by Crippen LogP contribution is -2.45. The van der Waals surface area contributed by atoms with E-state index in [1.54, 1.807) is 12.1 Å². The summed E-state index contributed by atoms with van der Waals surface area (Å²) in [4.78, 5) is 28.1. The molecule has 0 saturated carbocycles. The molecule has 1 amide bonds. The number of aromatic carboxylic acids is 1. The molecule has 1 aliphatic heterocycles. The summed E-state index contributed by atoms with van der Waals surface area (Å²) in [6.45, 7) is 0.702. The lowest BCUT2D eigenvalue weighted by Gasteiger charge is -2.33. The maximum atomic E-state index is 12.2. The summed E-state index contributed by atoms with van der Waals surface area (Å²) in [7, 11) is 0. The molecule has 24 heavy (non-hydrogen) atoms. The molecule has 2 rings (SSSR count). The number of anilines is 1. The van der Waals surface area contributed by atoms with Crippen molar-refractivity contribution in [3.05, 3.63) is 23.9 Å². The summed E-state index contributed by atoms with van der Waals surface area (Å²) < 4.78 is 36.6. The van der Waals surface area contributed by atoms with Gasteiger partial charge in [-0.05, 0) is 25.0 Å². The maximum absolute atomic E-state index is 12.2. The average molecular weight is 345 g/mol. The molecule has 0 unspecified atom stereocenters. The number of nitrogens with one attached hydrogen (secondary N) is 1. The van der Waals surface area contributed by atoms with Crippen LogP contribution in [-0.2, 0) is 4.79 Å². The van der Waals surface area contributed by atoms with Crippen molar-refractivity contribution >= 4 is 17.7 Å². The molecule has 1 aromatic heterocycles. The van der Waals surface area contributed by atoms with Crippen LogP contribution in [-0.4, -0.2) is 52.2 Å². The molecule has 1 fully saturated rings. The fraction of sp³-hybridized carbons (Fsp3) is 0.533. The highest BCUT2D eigenvalue weighted by Crippen LogP contribution is 2.23. The van der Waals surface area contributed by atoms with Gasteiger partial charge in [-0.25, -0.2) is 9.78 Å². The van der Waals surface area contributed by atoms with Gasteiger partial charge in [-0.2, -0.15) is 13.2 Å². The topological polar surface area (TPSA) is 82.5 Å². The molecule has 2 heterocycles. The summed E-state index contributed by atoms with van der Waals surface area (Å²) in [6.07, 6.45) is -4.63. The van der Waals surface area contributed by atoms with E-state index in [0.717, 1.165) is 6.42 Å². The van der Waals surface area contributed by atoms with Crippen molar-refractivity contribution in [3.63, 3.8) is 0 Å². The number of aromatic nitrogens is 1. The van der Waals surface area contributed by atoms with Gasteiger partial charge >= 0.3 is 12.1 Å². The summed E-state index contributed by atoms with van der Waals surface area (Å²) in [5.74, 6) is -1.30. The van der Waals surface area contributed by atoms with Crippen LogP contribution in [0.25, 0.3) is 0 Å². The number of carboxylic acids is 1. The van der Waals surface area contributed by atoms with Crippen LogP contribution in [0.3, 0.4) is 0 Å². The van der Waals surface area contributed by atoms with Crippen molar-refractivity contribution in [1.29, 1.82) is 0 Å². The summed E-state index contributed by atoms with van der Waals surface area (Å²) in [6, 6.07) is 4.34. The van der Waals surface area contributed by atoms with Crippen molar-refractivity contribution in [2.45, 2.75) is 37.9 Å². The molecule has 132 valence electrons. The average Bonchev–Trinajstić information content (AvgIpc) is 2.52. The van der Waals surface area contributed by atoms with E-state index >= 15 is 0 Å². The van der Waals surface area contributed by atoms with E-state index in [2.05, 4.69) is 10.3 Å². The van der Waals surface area contributed by atoms with Crippen molar-refractivity contribution in [3.8, 4) is 0 Å². The SMILES string of the molecule is O=C(O)c1cccc(N[C@@H]2CCCN(C(=O)CCC(F)(F)F)C2)n1. The van der Waals surface area contributed by atoms with Crippen LogP contribution >= 0.6 is 0 Å². The van der Waals surface area contributed by atoms with Gasteiger partial charge in [-0.1, -0.05) is 6.07 Å². The second-order valence-electron chi connectivity index (χ2n) is 5.65. The number of amides is 1. The molecule has 0 radical (unpaired) electrons. The zero-order valence-corrected chi connectivity index (χ0v) is 12.8. The number of carbonyl (C=O) groups is 2. The van der Waals surface area contributed by atoms with Crippen LogP contribution in [0.5, 0.6) is 0 Å². The van der Waals surface area contributed by atoms with Gasteiger partial charge in [-0.3, -0.25) is 4.79 Å². The zero-order chi connectivity index (χ0) is 17.7. The molecular weight excluding hydrogens is 327 g/mol. The van der Waals surface area contributed by atoms with Gasteiger partial charge in [0.25, 0.3) is 0 Å². The van der Waals surface area contributed by atoms with Crippen LogP contribution in [0.15, 0.2) is 18.2 Å². The minimum atomic E-state index is -4.34. The summed E-state index contributed by atoms with van der Waals surface area (Å²) in [5, 5.41) is 12.0. The predicted octanol–water partition coefficient (Wildman–Crippen LogP) is 2.53. The molecule has 6 nitrogen and oxygen atoms in total. The number of hydrogen-bond acceptors (Lipinski definition) is 4. The first-order chi connectivity index (χ1) is 11.2.